The Hall–Kier alpha value is -1.80. The summed E-state index contributed by atoms with van der Waals surface area (Å²) in [7, 11) is 1.62. The zero-order valence-corrected chi connectivity index (χ0v) is 18.7. The Morgan fingerprint density at radius 3 is 2.41 bits per heavy atom. The lowest BCUT2D eigenvalue weighted by molar-refractivity contribution is 0.0963. The molecular weight excluding hydrogens is 475 g/mol. The number of benzene rings is 2. The summed E-state index contributed by atoms with van der Waals surface area (Å²) < 4.78 is 0. The van der Waals surface area contributed by atoms with Crippen LogP contribution in [0.2, 0.25) is 5.02 Å². The molecule has 7 heteroatoms. The highest BCUT2D eigenvalue weighted by Crippen LogP contribution is 2.14. The van der Waals surface area contributed by atoms with Gasteiger partial charge in [-0.2, -0.15) is 0 Å². The first kappa shape index (κ1) is 23.2. The number of nitrogens with one attached hydrogen (secondary N) is 3. The molecule has 146 valence electrons. The van der Waals surface area contributed by atoms with E-state index in [0.717, 1.165) is 41.6 Å². The predicted octanol–water partition coefficient (Wildman–Crippen LogP) is 3.62. The van der Waals surface area contributed by atoms with Gasteiger partial charge < -0.3 is 16.0 Å². The fourth-order valence-electron chi connectivity index (χ4n) is 2.43. The SMILES string of the molecule is CCNC(=NCc1ccc(C(=O)NC)cc1)NCCc1ccccc1Cl.I. The zero-order chi connectivity index (χ0) is 18.8. The third-order valence-corrected chi connectivity index (χ3v) is 4.22. The van der Waals surface area contributed by atoms with E-state index in [4.69, 9.17) is 11.6 Å². The van der Waals surface area contributed by atoms with E-state index >= 15 is 0 Å². The molecule has 2 aromatic carbocycles. The van der Waals surface area contributed by atoms with E-state index in [-0.39, 0.29) is 29.9 Å². The van der Waals surface area contributed by atoms with Crippen molar-refractivity contribution in [2.75, 3.05) is 20.1 Å². The molecule has 1 amide bonds. The van der Waals surface area contributed by atoms with Gasteiger partial charge in [0.15, 0.2) is 5.96 Å². The molecule has 27 heavy (non-hydrogen) atoms. The average Bonchev–Trinajstić information content (AvgIpc) is 2.67. The highest BCUT2D eigenvalue weighted by Gasteiger charge is 2.03. The number of nitrogens with zero attached hydrogens (tertiary/aromatic N) is 1. The Morgan fingerprint density at radius 2 is 1.78 bits per heavy atom. The van der Waals surface area contributed by atoms with Gasteiger partial charge in [-0.25, -0.2) is 4.99 Å². The lowest BCUT2D eigenvalue weighted by Gasteiger charge is -2.12. The summed E-state index contributed by atoms with van der Waals surface area (Å²) in [5.74, 6) is 0.671. The molecule has 0 aliphatic carbocycles. The molecule has 0 bridgehead atoms. The number of rotatable bonds is 7. The maximum atomic E-state index is 11.6. The van der Waals surface area contributed by atoms with Gasteiger partial charge in [0, 0.05) is 30.7 Å². The third kappa shape index (κ3) is 7.76. The minimum Gasteiger partial charge on any atom is -0.357 e. The molecule has 0 saturated heterocycles. The molecular formula is C20H26ClIN4O. The number of carbonyl (C=O) groups excluding carboxylic acids is 1. The fraction of sp³-hybridized carbons (Fsp3) is 0.300. The summed E-state index contributed by atoms with van der Waals surface area (Å²) >= 11 is 6.19. The summed E-state index contributed by atoms with van der Waals surface area (Å²) in [6.45, 7) is 4.09. The van der Waals surface area contributed by atoms with E-state index in [0.29, 0.717) is 12.1 Å². The van der Waals surface area contributed by atoms with Crippen LogP contribution in [0.15, 0.2) is 53.5 Å². The van der Waals surface area contributed by atoms with Crippen LogP contribution in [-0.4, -0.2) is 32.0 Å². The lowest BCUT2D eigenvalue weighted by atomic mass is 10.1. The number of hydrogen-bond donors (Lipinski definition) is 3. The van der Waals surface area contributed by atoms with Crippen molar-refractivity contribution in [3.05, 3.63) is 70.2 Å². The first-order chi connectivity index (χ1) is 12.6. The van der Waals surface area contributed by atoms with Crippen LogP contribution < -0.4 is 16.0 Å². The topological polar surface area (TPSA) is 65.5 Å². The molecule has 0 unspecified atom stereocenters. The number of amides is 1. The smallest absolute Gasteiger partial charge is 0.251 e. The highest BCUT2D eigenvalue weighted by atomic mass is 127. The molecule has 0 fully saturated rings. The second-order valence-corrected chi connectivity index (χ2v) is 6.15. The lowest BCUT2D eigenvalue weighted by Crippen LogP contribution is -2.38. The summed E-state index contributed by atoms with van der Waals surface area (Å²) in [5, 5.41) is 9.95. The van der Waals surface area contributed by atoms with Crippen LogP contribution in [0.25, 0.3) is 0 Å². The van der Waals surface area contributed by atoms with Crippen LogP contribution in [-0.2, 0) is 13.0 Å². The van der Waals surface area contributed by atoms with Crippen LogP contribution >= 0.6 is 35.6 Å². The monoisotopic (exact) mass is 500 g/mol. The molecule has 2 rings (SSSR count). The summed E-state index contributed by atoms with van der Waals surface area (Å²) in [5.41, 5.74) is 2.80. The van der Waals surface area contributed by atoms with Crippen LogP contribution in [0, 0.1) is 0 Å². The first-order valence-electron chi connectivity index (χ1n) is 8.70. The fourth-order valence-corrected chi connectivity index (χ4v) is 2.66. The van der Waals surface area contributed by atoms with Crippen molar-refractivity contribution in [1.82, 2.24) is 16.0 Å². The summed E-state index contributed by atoms with van der Waals surface area (Å²) in [4.78, 5) is 16.2. The second kappa shape index (κ2) is 12.6. The van der Waals surface area contributed by atoms with Gasteiger partial charge in [0.1, 0.15) is 0 Å². The van der Waals surface area contributed by atoms with Crippen molar-refractivity contribution in [2.24, 2.45) is 4.99 Å². The number of hydrogen-bond acceptors (Lipinski definition) is 2. The summed E-state index contributed by atoms with van der Waals surface area (Å²) in [6.07, 6.45) is 0.824. The van der Waals surface area contributed by atoms with Gasteiger partial charge in [0.05, 0.1) is 6.54 Å². The zero-order valence-electron chi connectivity index (χ0n) is 15.6. The molecule has 2 aromatic rings. The van der Waals surface area contributed by atoms with Gasteiger partial charge in [0.25, 0.3) is 5.91 Å². The molecule has 0 radical (unpaired) electrons. The van der Waals surface area contributed by atoms with E-state index in [1.165, 1.54) is 0 Å². The van der Waals surface area contributed by atoms with Gasteiger partial charge in [-0.15, -0.1) is 24.0 Å². The molecule has 3 N–H and O–H groups in total. The molecule has 0 saturated carbocycles. The van der Waals surface area contributed by atoms with E-state index in [1.807, 2.05) is 43.3 Å². The van der Waals surface area contributed by atoms with Crippen molar-refractivity contribution in [3.8, 4) is 0 Å². The highest BCUT2D eigenvalue weighted by molar-refractivity contribution is 14.0. The van der Waals surface area contributed by atoms with Crippen molar-refractivity contribution < 1.29 is 4.79 Å². The number of carbonyl (C=O) groups is 1. The Labute approximate surface area is 183 Å². The molecule has 0 atom stereocenters. The van der Waals surface area contributed by atoms with Crippen LogP contribution in [0.1, 0.15) is 28.4 Å². The van der Waals surface area contributed by atoms with E-state index in [1.54, 1.807) is 19.2 Å². The molecule has 0 aliphatic heterocycles. The first-order valence-corrected chi connectivity index (χ1v) is 9.08. The molecule has 0 aromatic heterocycles. The van der Waals surface area contributed by atoms with E-state index < -0.39 is 0 Å². The molecule has 0 heterocycles. The molecule has 0 spiro atoms. The van der Waals surface area contributed by atoms with Crippen LogP contribution in [0.5, 0.6) is 0 Å². The van der Waals surface area contributed by atoms with E-state index in [9.17, 15) is 4.79 Å². The van der Waals surface area contributed by atoms with Crippen LogP contribution in [0.4, 0.5) is 0 Å². The summed E-state index contributed by atoms with van der Waals surface area (Å²) in [6, 6.07) is 15.3. The Balaban J connectivity index is 0.00000364. The van der Waals surface area contributed by atoms with E-state index in [2.05, 4.69) is 20.9 Å². The average molecular weight is 501 g/mol. The predicted molar refractivity (Wildman–Crippen MR) is 123 cm³/mol. The van der Waals surface area contributed by atoms with Crippen molar-refractivity contribution in [2.45, 2.75) is 19.9 Å². The second-order valence-electron chi connectivity index (χ2n) is 5.74. The van der Waals surface area contributed by atoms with Crippen molar-refractivity contribution in [3.63, 3.8) is 0 Å². The standard InChI is InChI=1S/C20H25ClN4O.HI/c1-3-23-20(24-13-12-16-6-4-5-7-18(16)21)25-14-15-8-10-17(11-9-15)19(26)22-2;/h4-11H,3,12-14H2,1-2H3,(H,22,26)(H2,23,24,25);1H. The Kier molecular flexibility index (Phi) is 10.8. The normalized spacial score (nSPS) is 10.7. The third-order valence-electron chi connectivity index (χ3n) is 3.85. The Bertz CT molecular complexity index is 750. The van der Waals surface area contributed by atoms with Gasteiger partial charge in [-0.3, -0.25) is 4.79 Å². The quantitative estimate of drug-likeness (QED) is 0.309. The van der Waals surface area contributed by atoms with Crippen LogP contribution in [0.3, 0.4) is 0 Å². The number of halogens is 2. The number of guanidine groups is 1. The van der Waals surface area contributed by atoms with Crippen molar-refractivity contribution >= 4 is 47.4 Å². The van der Waals surface area contributed by atoms with Gasteiger partial charge in [-0.1, -0.05) is 41.9 Å². The van der Waals surface area contributed by atoms with Gasteiger partial charge in [-0.05, 0) is 42.7 Å². The maximum Gasteiger partial charge on any atom is 0.251 e. The minimum atomic E-state index is -0.0883. The molecule has 0 aliphatic rings. The maximum absolute atomic E-state index is 11.6. The largest absolute Gasteiger partial charge is 0.357 e. The van der Waals surface area contributed by atoms with Crippen molar-refractivity contribution in [1.29, 1.82) is 0 Å². The number of aliphatic imine (C=N–C) groups is 1. The van der Waals surface area contributed by atoms with Gasteiger partial charge >= 0.3 is 0 Å². The minimum absolute atomic E-state index is 0. The molecule has 5 nitrogen and oxygen atoms in total. The van der Waals surface area contributed by atoms with Gasteiger partial charge in [0.2, 0.25) is 0 Å². The Morgan fingerprint density at radius 1 is 1.07 bits per heavy atom.